The normalized spacial score (nSPS) is 19.7. The summed E-state index contributed by atoms with van der Waals surface area (Å²) in [5, 5.41) is 11.3. The molecule has 3 N–H and O–H groups in total. The summed E-state index contributed by atoms with van der Waals surface area (Å²) in [6.07, 6.45) is 3.69. The Hall–Kier alpha value is -4.54. The number of anilines is 2. The molecule has 10 nitrogen and oxygen atoms in total. The average Bonchev–Trinajstić information content (AvgIpc) is 3.56. The number of imide groups is 1. The average molecular weight is 531 g/mol. The molecule has 4 heterocycles. The Morgan fingerprint density at radius 2 is 1.85 bits per heavy atom. The molecular formula is C28H27FN6O4. The third-order valence-corrected chi connectivity index (χ3v) is 7.83. The third-order valence-electron chi connectivity index (χ3n) is 7.83. The second kappa shape index (κ2) is 9.97. The van der Waals surface area contributed by atoms with E-state index < -0.39 is 23.7 Å². The molecule has 1 unspecified atom stereocenters. The van der Waals surface area contributed by atoms with Crippen molar-refractivity contribution in [2.75, 3.05) is 23.3 Å². The van der Waals surface area contributed by atoms with Crippen molar-refractivity contribution in [1.29, 1.82) is 0 Å². The zero-order valence-corrected chi connectivity index (χ0v) is 21.1. The van der Waals surface area contributed by atoms with Crippen LogP contribution in [0, 0.1) is 5.82 Å². The van der Waals surface area contributed by atoms with E-state index in [9.17, 15) is 23.6 Å². The SMILES string of the molecule is O=C1CCC(N2Cc3cc(N4CCC(c5ccc(C(=O)Nc6ccn[nH]6)c(F)c5)CC4)ccc3C2=O)C(=O)N1. The molecular weight excluding hydrogens is 503 g/mol. The molecule has 2 aromatic carbocycles. The molecule has 2 fully saturated rings. The fourth-order valence-corrected chi connectivity index (χ4v) is 5.71. The van der Waals surface area contributed by atoms with Crippen molar-refractivity contribution in [3.05, 3.63) is 76.7 Å². The highest BCUT2D eigenvalue weighted by Crippen LogP contribution is 2.34. The van der Waals surface area contributed by atoms with E-state index in [0.717, 1.165) is 42.7 Å². The molecule has 4 amide bonds. The molecule has 200 valence electrons. The van der Waals surface area contributed by atoms with Gasteiger partial charge in [0.05, 0.1) is 11.8 Å². The Labute approximate surface area is 223 Å². The van der Waals surface area contributed by atoms with Crippen LogP contribution in [0.15, 0.2) is 48.7 Å². The Morgan fingerprint density at radius 3 is 2.56 bits per heavy atom. The highest BCUT2D eigenvalue weighted by molar-refractivity contribution is 6.05. The smallest absolute Gasteiger partial charge is 0.259 e. The van der Waals surface area contributed by atoms with E-state index in [-0.39, 0.29) is 29.7 Å². The molecule has 0 radical (unpaired) electrons. The van der Waals surface area contributed by atoms with Crippen LogP contribution in [-0.2, 0) is 16.1 Å². The number of benzene rings is 2. The van der Waals surface area contributed by atoms with Crippen molar-refractivity contribution in [3.8, 4) is 0 Å². The Kier molecular flexibility index (Phi) is 6.34. The van der Waals surface area contributed by atoms with Crippen molar-refractivity contribution in [1.82, 2.24) is 20.4 Å². The van der Waals surface area contributed by atoms with Gasteiger partial charge in [0.25, 0.3) is 11.8 Å². The van der Waals surface area contributed by atoms with Crippen LogP contribution in [0.2, 0.25) is 0 Å². The van der Waals surface area contributed by atoms with Gasteiger partial charge in [0.15, 0.2) is 0 Å². The summed E-state index contributed by atoms with van der Waals surface area (Å²) in [6.45, 7) is 1.86. The van der Waals surface area contributed by atoms with E-state index >= 15 is 0 Å². The number of rotatable bonds is 5. The number of hydrogen-bond acceptors (Lipinski definition) is 6. The first kappa shape index (κ1) is 24.8. The number of halogens is 1. The second-order valence-corrected chi connectivity index (χ2v) is 10.2. The van der Waals surface area contributed by atoms with Gasteiger partial charge in [0.1, 0.15) is 17.7 Å². The number of piperidine rings is 2. The molecule has 0 bridgehead atoms. The van der Waals surface area contributed by atoms with Crippen molar-refractivity contribution < 1.29 is 23.6 Å². The van der Waals surface area contributed by atoms with Crippen LogP contribution in [0.5, 0.6) is 0 Å². The predicted octanol–water partition coefficient (Wildman–Crippen LogP) is 2.95. The summed E-state index contributed by atoms with van der Waals surface area (Å²) < 4.78 is 14.8. The molecule has 1 aromatic heterocycles. The van der Waals surface area contributed by atoms with Crippen molar-refractivity contribution >= 4 is 35.1 Å². The predicted molar refractivity (Wildman–Crippen MR) is 140 cm³/mol. The maximum absolute atomic E-state index is 14.8. The number of nitrogens with one attached hydrogen (secondary N) is 3. The van der Waals surface area contributed by atoms with Crippen LogP contribution in [0.4, 0.5) is 15.9 Å². The third kappa shape index (κ3) is 4.75. The number of carbonyl (C=O) groups is 4. The van der Waals surface area contributed by atoms with Gasteiger partial charge in [-0.3, -0.25) is 29.6 Å². The summed E-state index contributed by atoms with van der Waals surface area (Å²) in [5.41, 5.74) is 3.30. The minimum atomic E-state index is -0.634. The monoisotopic (exact) mass is 530 g/mol. The second-order valence-electron chi connectivity index (χ2n) is 10.2. The van der Waals surface area contributed by atoms with E-state index in [1.54, 1.807) is 11.0 Å². The summed E-state index contributed by atoms with van der Waals surface area (Å²) in [7, 11) is 0. The van der Waals surface area contributed by atoms with Gasteiger partial charge in [-0.2, -0.15) is 5.10 Å². The van der Waals surface area contributed by atoms with E-state index in [1.807, 2.05) is 24.3 Å². The number of H-pyrrole nitrogens is 1. The van der Waals surface area contributed by atoms with E-state index in [1.165, 1.54) is 18.3 Å². The number of fused-ring (bicyclic) bond motifs is 1. The minimum absolute atomic E-state index is 0.0233. The van der Waals surface area contributed by atoms with Gasteiger partial charge in [-0.25, -0.2) is 4.39 Å². The molecule has 0 aliphatic carbocycles. The molecule has 11 heteroatoms. The molecule has 2 saturated heterocycles. The Balaban J connectivity index is 1.09. The maximum atomic E-state index is 14.8. The number of nitrogens with zero attached hydrogens (tertiary/aromatic N) is 3. The van der Waals surface area contributed by atoms with Gasteiger partial charge in [-0.1, -0.05) is 6.07 Å². The summed E-state index contributed by atoms with van der Waals surface area (Å²) in [4.78, 5) is 53.0. The number of aromatic nitrogens is 2. The molecule has 3 aliphatic rings. The molecule has 39 heavy (non-hydrogen) atoms. The molecule has 0 saturated carbocycles. The molecule has 0 spiro atoms. The van der Waals surface area contributed by atoms with Crippen LogP contribution >= 0.6 is 0 Å². The fraction of sp³-hybridized carbons (Fsp3) is 0.321. The van der Waals surface area contributed by atoms with Gasteiger partial charge in [0.2, 0.25) is 11.8 Å². The Morgan fingerprint density at radius 1 is 1.03 bits per heavy atom. The van der Waals surface area contributed by atoms with Gasteiger partial charge in [-0.05, 0) is 66.6 Å². The number of carbonyl (C=O) groups excluding carboxylic acids is 4. The van der Waals surface area contributed by atoms with E-state index in [4.69, 9.17) is 0 Å². The number of aromatic amines is 1. The molecule has 1 atom stereocenters. The van der Waals surface area contributed by atoms with Gasteiger partial charge >= 0.3 is 0 Å². The number of amides is 4. The first-order valence-electron chi connectivity index (χ1n) is 13.0. The first-order chi connectivity index (χ1) is 18.9. The minimum Gasteiger partial charge on any atom is -0.371 e. The van der Waals surface area contributed by atoms with E-state index in [0.29, 0.717) is 24.3 Å². The van der Waals surface area contributed by atoms with Crippen molar-refractivity contribution in [3.63, 3.8) is 0 Å². The lowest BCUT2D eigenvalue weighted by Crippen LogP contribution is -2.52. The van der Waals surface area contributed by atoms with Crippen molar-refractivity contribution in [2.45, 2.75) is 44.2 Å². The zero-order chi connectivity index (χ0) is 27.1. The lowest BCUT2D eigenvalue weighted by molar-refractivity contribution is -0.136. The standard InChI is InChI=1S/C28H27FN6O4/c29-22-14-17(1-3-21(22)26(37)31-24-7-10-30-33-24)16-8-11-34(12-9-16)19-2-4-20-18(13-19)15-35(28(20)39)23-5-6-25(36)32-27(23)38/h1-4,7,10,13-14,16,23H,5-6,8-9,11-12,15H2,(H,32,36,38)(H2,30,31,33,37). The number of hydrogen-bond donors (Lipinski definition) is 3. The summed E-state index contributed by atoms with van der Waals surface area (Å²) in [5.74, 6) is -1.44. The molecule has 6 rings (SSSR count). The molecule has 3 aliphatic heterocycles. The quantitative estimate of drug-likeness (QED) is 0.436. The highest BCUT2D eigenvalue weighted by atomic mass is 19.1. The first-order valence-corrected chi connectivity index (χ1v) is 13.0. The summed E-state index contributed by atoms with van der Waals surface area (Å²) >= 11 is 0. The fourth-order valence-electron chi connectivity index (χ4n) is 5.71. The van der Waals surface area contributed by atoms with Crippen LogP contribution in [0.25, 0.3) is 0 Å². The highest BCUT2D eigenvalue weighted by Gasteiger charge is 2.39. The lowest BCUT2D eigenvalue weighted by atomic mass is 9.88. The lowest BCUT2D eigenvalue weighted by Gasteiger charge is -2.34. The zero-order valence-electron chi connectivity index (χ0n) is 21.1. The van der Waals surface area contributed by atoms with Gasteiger partial charge < -0.3 is 15.1 Å². The van der Waals surface area contributed by atoms with Gasteiger partial charge in [-0.15, -0.1) is 0 Å². The topological polar surface area (TPSA) is 128 Å². The Bertz CT molecular complexity index is 1460. The summed E-state index contributed by atoms with van der Waals surface area (Å²) in [6, 6.07) is 11.5. The van der Waals surface area contributed by atoms with Gasteiger partial charge in [0, 0.05) is 43.4 Å². The van der Waals surface area contributed by atoms with Crippen LogP contribution in [-0.4, -0.2) is 57.9 Å². The maximum Gasteiger partial charge on any atom is 0.259 e. The van der Waals surface area contributed by atoms with Crippen LogP contribution < -0.4 is 15.5 Å². The van der Waals surface area contributed by atoms with Crippen LogP contribution in [0.3, 0.4) is 0 Å². The van der Waals surface area contributed by atoms with E-state index in [2.05, 4.69) is 25.7 Å². The molecule has 3 aromatic rings. The van der Waals surface area contributed by atoms with Crippen molar-refractivity contribution in [2.24, 2.45) is 0 Å². The largest absolute Gasteiger partial charge is 0.371 e. The van der Waals surface area contributed by atoms with Crippen LogP contribution in [0.1, 0.15) is 63.4 Å².